The number of carboxylic acids is 1. The summed E-state index contributed by atoms with van der Waals surface area (Å²) in [6, 6.07) is 5.24. The van der Waals surface area contributed by atoms with E-state index in [2.05, 4.69) is 16.0 Å². The lowest BCUT2D eigenvalue weighted by atomic mass is 10.1. The van der Waals surface area contributed by atoms with Crippen LogP contribution in [0.1, 0.15) is 56.0 Å². The molecule has 0 aliphatic carbocycles. The maximum absolute atomic E-state index is 15.2. The minimum absolute atomic E-state index is 0.144. The Morgan fingerprint density at radius 1 is 1.00 bits per heavy atom. The van der Waals surface area contributed by atoms with Gasteiger partial charge in [-0.1, -0.05) is 17.7 Å². The van der Waals surface area contributed by atoms with Crippen molar-refractivity contribution in [1.82, 2.24) is 15.5 Å². The Hall–Kier alpha value is -4.18. The molecule has 17 heteroatoms. The summed E-state index contributed by atoms with van der Waals surface area (Å²) >= 11 is 6.17. The second kappa shape index (κ2) is 16.3. The van der Waals surface area contributed by atoms with Crippen molar-refractivity contribution >= 4 is 46.9 Å². The van der Waals surface area contributed by atoms with Crippen LogP contribution in [0.15, 0.2) is 30.3 Å². The summed E-state index contributed by atoms with van der Waals surface area (Å²) in [6.45, 7) is 5.37. The number of carbonyl (C=O) groups excluding carboxylic acids is 3. The Balaban J connectivity index is 1.68. The minimum Gasteiger partial charge on any atom is -0.481 e. The molecule has 48 heavy (non-hydrogen) atoms. The van der Waals surface area contributed by atoms with E-state index in [1.54, 1.807) is 31.7 Å². The van der Waals surface area contributed by atoms with Gasteiger partial charge < -0.3 is 30.7 Å². The van der Waals surface area contributed by atoms with Crippen LogP contribution in [0.2, 0.25) is 5.02 Å². The van der Waals surface area contributed by atoms with Crippen molar-refractivity contribution in [2.75, 3.05) is 42.9 Å². The summed E-state index contributed by atoms with van der Waals surface area (Å²) in [7, 11) is 0. The van der Waals surface area contributed by atoms with Crippen LogP contribution < -0.4 is 20.9 Å². The summed E-state index contributed by atoms with van der Waals surface area (Å²) in [6.07, 6.45) is -6.97. The quantitative estimate of drug-likeness (QED) is 0.218. The molecule has 3 rings (SSSR count). The zero-order chi connectivity index (χ0) is 35.8. The van der Waals surface area contributed by atoms with Crippen LogP contribution >= 0.6 is 11.6 Å². The number of hydrogen-bond donors (Lipinski definition) is 4. The van der Waals surface area contributed by atoms with Crippen LogP contribution in [0, 0.1) is 11.6 Å². The molecule has 0 radical (unpaired) electrons. The fourth-order valence-corrected chi connectivity index (χ4v) is 4.92. The number of hydrogen-bond acceptors (Lipinski definition) is 7. The van der Waals surface area contributed by atoms with Gasteiger partial charge in [-0.25, -0.2) is 13.6 Å². The topological polar surface area (TPSA) is 140 Å². The smallest absolute Gasteiger partial charge is 0.408 e. The maximum Gasteiger partial charge on any atom is 0.408 e. The maximum atomic E-state index is 15.2. The first-order valence-corrected chi connectivity index (χ1v) is 15.3. The van der Waals surface area contributed by atoms with Crippen molar-refractivity contribution in [1.29, 1.82) is 0 Å². The predicted molar refractivity (Wildman–Crippen MR) is 167 cm³/mol. The zero-order valence-electron chi connectivity index (χ0n) is 26.5. The minimum atomic E-state index is -4.27. The predicted octanol–water partition coefficient (Wildman–Crippen LogP) is 5.32. The first-order chi connectivity index (χ1) is 22.3. The lowest BCUT2D eigenvalue weighted by Crippen LogP contribution is -2.48. The van der Waals surface area contributed by atoms with E-state index in [0.717, 1.165) is 12.1 Å². The molecule has 0 spiro atoms. The SMILES string of the molecule is CC(C)(C)OC(=O)NC(CCC(=O)O)C(=O)NCc1ccc(C(=O)Nc2ccc(Cl)cc2N2CCN(CCC(F)(F)F)CC2)c(F)c1F. The molecule has 1 aliphatic heterocycles. The average Bonchev–Trinajstić information content (AvgIpc) is 2.98. The van der Waals surface area contributed by atoms with E-state index in [4.69, 9.17) is 21.4 Å². The van der Waals surface area contributed by atoms with Gasteiger partial charge in [0.05, 0.1) is 23.4 Å². The number of amides is 3. The summed E-state index contributed by atoms with van der Waals surface area (Å²) < 4.78 is 73.2. The molecule has 2 aromatic rings. The molecule has 3 amide bonds. The van der Waals surface area contributed by atoms with Crippen molar-refractivity contribution in [2.24, 2.45) is 0 Å². The molecule has 1 atom stereocenters. The number of alkyl halides is 3. The molecule has 1 aliphatic rings. The average molecular weight is 706 g/mol. The lowest BCUT2D eigenvalue weighted by Gasteiger charge is -2.37. The third-order valence-electron chi connectivity index (χ3n) is 7.15. The van der Waals surface area contributed by atoms with Gasteiger partial charge in [0.15, 0.2) is 11.6 Å². The monoisotopic (exact) mass is 705 g/mol. The van der Waals surface area contributed by atoms with Crippen molar-refractivity contribution in [3.05, 3.63) is 58.1 Å². The Morgan fingerprint density at radius 2 is 1.67 bits per heavy atom. The molecule has 1 unspecified atom stereocenters. The van der Waals surface area contributed by atoms with E-state index in [1.807, 2.05) is 4.90 Å². The number of carboxylic acid groups (broad SMARTS) is 1. The van der Waals surface area contributed by atoms with Crippen LogP contribution in [-0.2, 0) is 20.9 Å². The molecule has 1 saturated heterocycles. The third kappa shape index (κ3) is 11.8. The number of piperazine rings is 1. The fourth-order valence-electron chi connectivity index (χ4n) is 4.75. The van der Waals surface area contributed by atoms with E-state index < -0.39 is 78.3 Å². The molecular formula is C31H37ClF5N5O6. The van der Waals surface area contributed by atoms with Gasteiger partial charge in [0.25, 0.3) is 5.91 Å². The molecule has 0 saturated carbocycles. The highest BCUT2D eigenvalue weighted by Crippen LogP contribution is 2.31. The van der Waals surface area contributed by atoms with Crippen LogP contribution in [0.5, 0.6) is 0 Å². The number of anilines is 2. The molecule has 4 N–H and O–H groups in total. The van der Waals surface area contributed by atoms with Crippen molar-refractivity contribution < 1.29 is 51.0 Å². The molecule has 0 bridgehead atoms. The van der Waals surface area contributed by atoms with Crippen molar-refractivity contribution in [3.8, 4) is 0 Å². The van der Waals surface area contributed by atoms with Gasteiger partial charge in [-0.05, 0) is 51.5 Å². The van der Waals surface area contributed by atoms with Gasteiger partial charge in [0, 0.05) is 56.3 Å². The number of nitrogens with zero attached hydrogens (tertiary/aromatic N) is 2. The number of benzene rings is 2. The lowest BCUT2D eigenvalue weighted by molar-refractivity contribution is -0.138. The van der Waals surface area contributed by atoms with Crippen molar-refractivity contribution in [2.45, 2.75) is 64.4 Å². The largest absolute Gasteiger partial charge is 0.481 e. The van der Waals surface area contributed by atoms with E-state index in [1.165, 1.54) is 12.1 Å². The highest BCUT2D eigenvalue weighted by atomic mass is 35.5. The molecule has 11 nitrogen and oxygen atoms in total. The molecular weight excluding hydrogens is 669 g/mol. The van der Waals surface area contributed by atoms with Gasteiger partial charge >= 0.3 is 18.2 Å². The van der Waals surface area contributed by atoms with Gasteiger partial charge in [-0.2, -0.15) is 13.2 Å². The summed E-state index contributed by atoms with van der Waals surface area (Å²) in [4.78, 5) is 52.5. The van der Waals surface area contributed by atoms with Crippen LogP contribution in [0.4, 0.5) is 38.1 Å². The third-order valence-corrected chi connectivity index (χ3v) is 7.38. The first-order valence-electron chi connectivity index (χ1n) is 14.9. The Labute approximate surface area is 278 Å². The first kappa shape index (κ1) is 38.3. The molecule has 1 heterocycles. The highest BCUT2D eigenvalue weighted by molar-refractivity contribution is 6.31. The van der Waals surface area contributed by atoms with E-state index in [-0.39, 0.29) is 24.2 Å². The highest BCUT2D eigenvalue weighted by Gasteiger charge is 2.30. The van der Waals surface area contributed by atoms with Crippen LogP contribution in [-0.4, -0.2) is 84.4 Å². The molecule has 2 aromatic carbocycles. The Bertz CT molecular complexity index is 1500. The summed E-state index contributed by atoms with van der Waals surface area (Å²) in [5.41, 5.74) is -1.22. The van der Waals surface area contributed by atoms with Gasteiger partial charge in [0.2, 0.25) is 5.91 Å². The number of nitrogens with one attached hydrogen (secondary N) is 3. The molecule has 264 valence electrons. The van der Waals surface area contributed by atoms with Gasteiger partial charge in [-0.15, -0.1) is 0 Å². The second-order valence-electron chi connectivity index (χ2n) is 12.1. The Morgan fingerprint density at radius 3 is 2.27 bits per heavy atom. The number of carbonyl (C=O) groups is 4. The van der Waals surface area contributed by atoms with E-state index in [9.17, 15) is 32.3 Å². The Kier molecular flexibility index (Phi) is 13.0. The van der Waals surface area contributed by atoms with Crippen LogP contribution in [0.25, 0.3) is 0 Å². The van der Waals surface area contributed by atoms with Gasteiger partial charge in [-0.3, -0.25) is 19.3 Å². The van der Waals surface area contributed by atoms with Crippen LogP contribution in [0.3, 0.4) is 0 Å². The number of aliphatic carboxylic acids is 1. The zero-order valence-corrected chi connectivity index (χ0v) is 27.2. The molecule has 0 aromatic heterocycles. The van der Waals surface area contributed by atoms with Crippen molar-refractivity contribution in [3.63, 3.8) is 0 Å². The number of alkyl carbamates (subject to hydrolysis) is 1. The number of halogens is 6. The number of rotatable bonds is 12. The standard InChI is InChI=1S/C31H37ClF5N5O6/c1-30(2,3)48-29(47)40-22(8-9-24(43)44)28(46)38-17-18-4-6-20(26(34)25(18)33)27(45)39-21-7-5-19(32)16-23(21)42-14-12-41(13-15-42)11-10-31(35,36)37/h4-7,16,22H,8-15,17H2,1-3H3,(H,38,46)(H,39,45)(H,40,47)(H,43,44). The fraction of sp³-hybridized carbons (Fsp3) is 0.484. The number of ether oxygens (including phenoxy) is 1. The molecule has 1 fully saturated rings. The second-order valence-corrected chi connectivity index (χ2v) is 12.5. The summed E-state index contributed by atoms with van der Waals surface area (Å²) in [5.74, 6) is -6.02. The normalized spacial score (nSPS) is 14.6. The van der Waals surface area contributed by atoms with Gasteiger partial charge in [0.1, 0.15) is 11.6 Å². The van der Waals surface area contributed by atoms with E-state index in [0.29, 0.717) is 36.9 Å². The summed E-state index contributed by atoms with van der Waals surface area (Å²) in [5, 5.41) is 16.5. The van der Waals surface area contributed by atoms with E-state index >= 15 is 8.78 Å².